The number of anilines is 1. The zero-order valence-electron chi connectivity index (χ0n) is 14.6. The van der Waals surface area contributed by atoms with Crippen molar-refractivity contribution in [2.45, 2.75) is 38.7 Å². The minimum absolute atomic E-state index is 0.0910. The van der Waals surface area contributed by atoms with Gasteiger partial charge in [0, 0.05) is 31.1 Å². The normalized spacial score (nSPS) is 17.5. The van der Waals surface area contributed by atoms with Gasteiger partial charge in [0.1, 0.15) is 0 Å². The van der Waals surface area contributed by atoms with Crippen LogP contribution in [0.25, 0.3) is 0 Å². The highest BCUT2D eigenvalue weighted by Gasteiger charge is 2.21. The van der Waals surface area contributed by atoms with Gasteiger partial charge < -0.3 is 10.1 Å². The van der Waals surface area contributed by atoms with Gasteiger partial charge in [0.05, 0.1) is 18.0 Å². The van der Waals surface area contributed by atoms with Crippen LogP contribution in [0.5, 0.6) is 0 Å². The van der Waals surface area contributed by atoms with Crippen molar-refractivity contribution in [2.24, 2.45) is 0 Å². The molecule has 8 heteroatoms. The molecule has 1 unspecified atom stereocenters. The summed E-state index contributed by atoms with van der Waals surface area (Å²) >= 11 is 6.10. The van der Waals surface area contributed by atoms with E-state index in [1.54, 1.807) is 25.1 Å². The number of hydrogen-bond donors (Lipinski definition) is 1. The maximum atomic E-state index is 12.1. The molecule has 0 aliphatic carbocycles. The molecule has 0 radical (unpaired) electrons. The van der Waals surface area contributed by atoms with Gasteiger partial charge in [-0.05, 0) is 43.9 Å². The van der Waals surface area contributed by atoms with Gasteiger partial charge in [-0.2, -0.15) is 0 Å². The number of hydrogen-bond acceptors (Lipinski definition) is 4. The monoisotopic (exact) mass is 388 g/mol. The average molecular weight is 389 g/mol. The summed E-state index contributed by atoms with van der Waals surface area (Å²) in [5.74, 6) is -0.0910. The van der Waals surface area contributed by atoms with Gasteiger partial charge in [-0.15, -0.1) is 0 Å². The summed E-state index contributed by atoms with van der Waals surface area (Å²) in [6.07, 6.45) is 3.95. The molecule has 6 nitrogen and oxygen atoms in total. The topological polar surface area (TPSA) is 75.7 Å². The molecule has 2 rings (SSSR count). The number of benzene rings is 1. The third-order valence-corrected chi connectivity index (χ3v) is 5.81. The molecule has 25 heavy (non-hydrogen) atoms. The molecule has 0 bridgehead atoms. The molecule has 1 N–H and O–H groups in total. The van der Waals surface area contributed by atoms with Crippen molar-refractivity contribution in [1.29, 1.82) is 0 Å². The van der Waals surface area contributed by atoms with Crippen LogP contribution in [-0.2, 0) is 19.6 Å². The zero-order valence-corrected chi connectivity index (χ0v) is 16.2. The first kappa shape index (κ1) is 20.0. The Balaban J connectivity index is 1.90. The Bertz CT molecular complexity index is 703. The molecule has 1 aromatic carbocycles. The lowest BCUT2D eigenvalue weighted by Gasteiger charge is -2.24. The molecule has 1 heterocycles. The third-order valence-electron chi connectivity index (χ3n) is 4.22. The van der Waals surface area contributed by atoms with Gasteiger partial charge in [0.25, 0.3) is 0 Å². The molecular weight excluding hydrogens is 364 g/mol. The van der Waals surface area contributed by atoms with Crippen molar-refractivity contribution in [3.8, 4) is 0 Å². The zero-order chi connectivity index (χ0) is 18.4. The molecule has 1 fully saturated rings. The van der Waals surface area contributed by atoms with Crippen molar-refractivity contribution >= 4 is 33.2 Å². The molecule has 0 saturated carbocycles. The second kappa shape index (κ2) is 8.87. The average Bonchev–Trinajstić information content (AvgIpc) is 3.05. The maximum absolute atomic E-state index is 12.1. The van der Waals surface area contributed by atoms with Gasteiger partial charge in [-0.1, -0.05) is 17.7 Å². The molecule has 1 aliphatic heterocycles. The highest BCUT2D eigenvalue weighted by Crippen LogP contribution is 2.28. The Morgan fingerprint density at radius 1 is 1.44 bits per heavy atom. The molecule has 140 valence electrons. The summed E-state index contributed by atoms with van der Waals surface area (Å²) in [6, 6.07) is 5.16. The first-order chi connectivity index (χ1) is 11.8. The van der Waals surface area contributed by atoms with E-state index in [0.717, 1.165) is 25.7 Å². The fourth-order valence-electron chi connectivity index (χ4n) is 2.84. The number of halogens is 1. The lowest BCUT2D eigenvalue weighted by molar-refractivity contribution is -0.121. The molecular formula is C17H25ClN2O4S. The SMILES string of the molecule is Cc1c(Cl)cccc1N(CCCC(=O)NCC1CCCO1)S(C)(=O)=O. The smallest absolute Gasteiger partial charge is 0.232 e. The first-order valence-electron chi connectivity index (χ1n) is 8.40. The van der Waals surface area contributed by atoms with E-state index in [1.165, 1.54) is 4.31 Å². The summed E-state index contributed by atoms with van der Waals surface area (Å²) in [5.41, 5.74) is 1.26. The van der Waals surface area contributed by atoms with Gasteiger partial charge in [0.15, 0.2) is 0 Å². The molecule has 1 aromatic rings. The molecule has 0 spiro atoms. The number of rotatable bonds is 8. The number of carbonyl (C=O) groups is 1. The van der Waals surface area contributed by atoms with Crippen LogP contribution < -0.4 is 9.62 Å². The second-order valence-corrected chi connectivity index (χ2v) is 8.58. The van der Waals surface area contributed by atoms with Gasteiger partial charge >= 0.3 is 0 Å². The van der Waals surface area contributed by atoms with Crippen LogP contribution in [0.2, 0.25) is 5.02 Å². The van der Waals surface area contributed by atoms with Crippen LogP contribution in [0.15, 0.2) is 18.2 Å². The van der Waals surface area contributed by atoms with Gasteiger partial charge in [0.2, 0.25) is 15.9 Å². The standard InChI is InChI=1S/C17H25ClN2O4S/c1-13-15(18)7-3-8-16(13)20(25(2,22)23)10-4-9-17(21)19-12-14-6-5-11-24-14/h3,7-8,14H,4-6,9-12H2,1-2H3,(H,19,21). The molecule has 0 aromatic heterocycles. The van der Waals surface area contributed by atoms with Crippen molar-refractivity contribution in [3.63, 3.8) is 0 Å². The number of carbonyl (C=O) groups excluding carboxylic acids is 1. The molecule has 1 atom stereocenters. The number of ether oxygens (including phenoxy) is 1. The van der Waals surface area contributed by atoms with Crippen LogP contribution >= 0.6 is 11.6 Å². The quantitative estimate of drug-likeness (QED) is 0.742. The fraction of sp³-hybridized carbons (Fsp3) is 0.588. The molecule has 1 aliphatic rings. The number of amides is 1. The third kappa shape index (κ3) is 5.87. The van der Waals surface area contributed by atoms with E-state index in [-0.39, 0.29) is 25.0 Å². The predicted octanol–water partition coefficient (Wildman–Crippen LogP) is 2.49. The Morgan fingerprint density at radius 3 is 2.84 bits per heavy atom. The molecule has 1 amide bonds. The van der Waals surface area contributed by atoms with Crippen molar-refractivity contribution in [3.05, 3.63) is 28.8 Å². The Labute approximate surface area is 154 Å². The van der Waals surface area contributed by atoms with Gasteiger partial charge in [-0.3, -0.25) is 9.10 Å². The number of sulfonamides is 1. The highest BCUT2D eigenvalue weighted by molar-refractivity contribution is 7.92. The van der Waals surface area contributed by atoms with Crippen LogP contribution in [0.3, 0.4) is 0 Å². The van der Waals surface area contributed by atoms with E-state index >= 15 is 0 Å². The first-order valence-corrected chi connectivity index (χ1v) is 10.6. The van der Waals surface area contributed by atoms with Crippen molar-refractivity contribution in [2.75, 3.05) is 30.3 Å². The Hall–Kier alpha value is -1.31. The summed E-state index contributed by atoms with van der Waals surface area (Å²) in [4.78, 5) is 11.9. The fourth-order valence-corrected chi connectivity index (χ4v) is 4.02. The number of nitrogens with zero attached hydrogens (tertiary/aromatic N) is 1. The lowest BCUT2D eigenvalue weighted by Crippen LogP contribution is -2.34. The lowest BCUT2D eigenvalue weighted by atomic mass is 10.2. The Morgan fingerprint density at radius 2 is 2.20 bits per heavy atom. The van der Waals surface area contributed by atoms with Crippen molar-refractivity contribution in [1.82, 2.24) is 5.32 Å². The van der Waals surface area contributed by atoms with E-state index in [1.807, 2.05) is 0 Å². The van der Waals surface area contributed by atoms with E-state index in [9.17, 15) is 13.2 Å². The van der Waals surface area contributed by atoms with Crippen LogP contribution in [0.1, 0.15) is 31.2 Å². The van der Waals surface area contributed by atoms with Crippen LogP contribution in [0, 0.1) is 6.92 Å². The second-order valence-electron chi connectivity index (χ2n) is 6.26. The maximum Gasteiger partial charge on any atom is 0.232 e. The Kier molecular flexibility index (Phi) is 7.10. The highest BCUT2D eigenvalue weighted by atomic mass is 35.5. The summed E-state index contributed by atoms with van der Waals surface area (Å²) < 4.78 is 31.0. The van der Waals surface area contributed by atoms with E-state index in [4.69, 9.17) is 16.3 Å². The minimum Gasteiger partial charge on any atom is -0.376 e. The minimum atomic E-state index is -3.46. The molecule has 1 saturated heterocycles. The predicted molar refractivity (Wildman–Crippen MR) is 99.6 cm³/mol. The van der Waals surface area contributed by atoms with Crippen LogP contribution in [0.4, 0.5) is 5.69 Å². The largest absolute Gasteiger partial charge is 0.376 e. The van der Waals surface area contributed by atoms with Gasteiger partial charge in [-0.25, -0.2) is 8.42 Å². The summed E-state index contributed by atoms with van der Waals surface area (Å²) in [7, 11) is -3.46. The number of nitrogens with one attached hydrogen (secondary N) is 1. The van der Waals surface area contributed by atoms with E-state index < -0.39 is 10.0 Å². The van der Waals surface area contributed by atoms with Crippen LogP contribution in [-0.4, -0.2) is 46.4 Å². The van der Waals surface area contributed by atoms with Crippen molar-refractivity contribution < 1.29 is 17.9 Å². The summed E-state index contributed by atoms with van der Waals surface area (Å²) in [6.45, 7) is 3.28. The summed E-state index contributed by atoms with van der Waals surface area (Å²) in [5, 5.41) is 3.36. The van der Waals surface area contributed by atoms with E-state index in [0.29, 0.717) is 29.2 Å². The van der Waals surface area contributed by atoms with E-state index in [2.05, 4.69) is 5.32 Å².